The van der Waals surface area contributed by atoms with E-state index >= 15 is 0 Å². The Hall–Kier alpha value is -2.66. The number of nitrogens with one attached hydrogen (secondary N) is 1. The van der Waals surface area contributed by atoms with E-state index in [0.717, 1.165) is 28.1 Å². The number of rotatable bonds is 8. The molecule has 1 N–H and O–H groups in total. The summed E-state index contributed by atoms with van der Waals surface area (Å²) in [5, 5.41) is 4.01. The molecule has 160 valence electrons. The first-order valence-electron chi connectivity index (χ1n) is 9.87. The molecule has 3 aromatic carbocycles. The highest BCUT2D eigenvalue weighted by Gasteiger charge is 2.10. The lowest BCUT2D eigenvalue weighted by Gasteiger charge is -2.10. The van der Waals surface area contributed by atoms with E-state index < -0.39 is 0 Å². The number of amides is 1. The van der Waals surface area contributed by atoms with E-state index in [1.54, 1.807) is 13.2 Å². The fourth-order valence-corrected chi connectivity index (χ4v) is 3.45. The summed E-state index contributed by atoms with van der Waals surface area (Å²) in [5.41, 5.74) is 5.48. The van der Waals surface area contributed by atoms with Gasteiger partial charge >= 0.3 is 0 Å². The lowest BCUT2D eigenvalue weighted by Crippen LogP contribution is -2.13. The zero-order valence-electron chi connectivity index (χ0n) is 17.5. The number of aryl methyl sites for hydroxylation is 1. The largest absolute Gasteiger partial charge is 0.363 e. The van der Waals surface area contributed by atoms with E-state index in [4.69, 9.17) is 27.9 Å². The van der Waals surface area contributed by atoms with E-state index in [1.807, 2.05) is 67.6 Å². The zero-order chi connectivity index (χ0) is 22.2. The number of ether oxygens (including phenoxy) is 1. The number of aliphatic imine (C=N–C) groups is 1. The maximum atomic E-state index is 12.6. The first-order valence-corrected chi connectivity index (χ1v) is 10.6. The maximum Gasteiger partial charge on any atom is 0.255 e. The summed E-state index contributed by atoms with van der Waals surface area (Å²) >= 11 is 12.2. The highest BCUT2D eigenvalue weighted by molar-refractivity contribution is 6.42. The summed E-state index contributed by atoms with van der Waals surface area (Å²) < 4.78 is 5.12. The molecule has 0 heterocycles. The SMILES string of the molecule is COCN=C(Cc1ccc(C(=O)Nc2ccccc2C)cc1)Cc1ccc(Cl)c(Cl)c1. The van der Waals surface area contributed by atoms with Gasteiger partial charge in [0.15, 0.2) is 0 Å². The molecule has 3 aromatic rings. The van der Waals surface area contributed by atoms with Crippen LogP contribution in [0.25, 0.3) is 0 Å². The third-order valence-corrected chi connectivity index (χ3v) is 5.57. The lowest BCUT2D eigenvalue weighted by atomic mass is 10.0. The molecule has 0 saturated heterocycles. The van der Waals surface area contributed by atoms with Gasteiger partial charge in [-0.25, -0.2) is 0 Å². The first-order chi connectivity index (χ1) is 15.0. The second-order valence-electron chi connectivity index (χ2n) is 7.21. The molecule has 0 spiro atoms. The van der Waals surface area contributed by atoms with Gasteiger partial charge < -0.3 is 10.1 Å². The first kappa shape index (κ1) is 23.0. The predicted molar refractivity (Wildman–Crippen MR) is 129 cm³/mol. The molecule has 0 aliphatic rings. The van der Waals surface area contributed by atoms with Gasteiger partial charge in [-0.2, -0.15) is 0 Å². The Bertz CT molecular complexity index is 1080. The van der Waals surface area contributed by atoms with Crippen LogP contribution in [0.1, 0.15) is 27.0 Å². The van der Waals surface area contributed by atoms with Crippen LogP contribution in [0, 0.1) is 6.92 Å². The maximum absolute atomic E-state index is 12.6. The van der Waals surface area contributed by atoms with Crippen LogP contribution in [0.2, 0.25) is 10.0 Å². The molecule has 1 amide bonds. The number of benzene rings is 3. The van der Waals surface area contributed by atoms with Crippen molar-refractivity contribution in [1.82, 2.24) is 0 Å². The standard InChI is InChI=1S/C25H24Cl2N2O2/c1-17-5-3-4-6-24(17)29-25(30)20-10-7-18(8-11-20)13-21(28-16-31-2)14-19-9-12-22(26)23(27)15-19/h3-12,15H,13-14,16H2,1-2H3,(H,29,30). The minimum absolute atomic E-state index is 0.134. The Morgan fingerprint density at radius 1 is 0.935 bits per heavy atom. The van der Waals surface area contributed by atoms with Crippen molar-refractivity contribution in [2.24, 2.45) is 4.99 Å². The van der Waals surface area contributed by atoms with Crippen molar-refractivity contribution in [2.45, 2.75) is 19.8 Å². The molecule has 0 saturated carbocycles. The normalized spacial score (nSPS) is 11.4. The Morgan fingerprint density at radius 3 is 2.29 bits per heavy atom. The number of hydrogen-bond donors (Lipinski definition) is 1. The third-order valence-electron chi connectivity index (χ3n) is 4.83. The van der Waals surface area contributed by atoms with Crippen molar-refractivity contribution in [2.75, 3.05) is 19.2 Å². The number of methoxy groups -OCH3 is 1. The van der Waals surface area contributed by atoms with E-state index in [-0.39, 0.29) is 12.6 Å². The smallest absolute Gasteiger partial charge is 0.255 e. The predicted octanol–water partition coefficient (Wildman–Crippen LogP) is 6.38. The fraction of sp³-hybridized carbons (Fsp3) is 0.200. The molecule has 0 aliphatic carbocycles. The van der Waals surface area contributed by atoms with Gasteiger partial charge in [0, 0.05) is 36.9 Å². The molecule has 31 heavy (non-hydrogen) atoms. The van der Waals surface area contributed by atoms with E-state index in [1.165, 1.54) is 0 Å². The molecule has 0 radical (unpaired) electrons. The van der Waals surface area contributed by atoms with E-state index in [2.05, 4.69) is 10.3 Å². The number of carbonyl (C=O) groups excluding carboxylic acids is 1. The molecule has 0 aliphatic heterocycles. The quantitative estimate of drug-likeness (QED) is 0.401. The van der Waals surface area contributed by atoms with Gasteiger partial charge in [-0.1, -0.05) is 59.6 Å². The zero-order valence-corrected chi connectivity index (χ0v) is 19.0. The van der Waals surface area contributed by atoms with Crippen molar-refractivity contribution >= 4 is 40.5 Å². The van der Waals surface area contributed by atoms with Crippen molar-refractivity contribution in [3.05, 3.63) is 99.0 Å². The highest BCUT2D eigenvalue weighted by atomic mass is 35.5. The average Bonchev–Trinajstić information content (AvgIpc) is 2.76. The molecule has 6 heteroatoms. The highest BCUT2D eigenvalue weighted by Crippen LogP contribution is 2.23. The number of hydrogen-bond acceptors (Lipinski definition) is 3. The number of anilines is 1. The topological polar surface area (TPSA) is 50.7 Å². The minimum atomic E-state index is -0.134. The van der Waals surface area contributed by atoms with Crippen molar-refractivity contribution in [1.29, 1.82) is 0 Å². The van der Waals surface area contributed by atoms with Crippen LogP contribution >= 0.6 is 23.2 Å². The second kappa shape index (κ2) is 11.1. The second-order valence-corrected chi connectivity index (χ2v) is 8.02. The molecule has 0 fully saturated rings. The fourth-order valence-electron chi connectivity index (χ4n) is 3.13. The molecule has 4 nitrogen and oxygen atoms in total. The number of halogens is 2. The molecular weight excluding hydrogens is 431 g/mol. The van der Waals surface area contributed by atoms with Crippen LogP contribution < -0.4 is 5.32 Å². The van der Waals surface area contributed by atoms with Crippen LogP contribution in [0.15, 0.2) is 71.7 Å². The molecular formula is C25H24Cl2N2O2. The van der Waals surface area contributed by atoms with Crippen molar-refractivity contribution < 1.29 is 9.53 Å². The summed E-state index contributed by atoms with van der Waals surface area (Å²) in [6, 6.07) is 20.8. The van der Waals surface area contributed by atoms with Crippen LogP contribution in [0.3, 0.4) is 0 Å². The van der Waals surface area contributed by atoms with Gasteiger partial charge in [-0.15, -0.1) is 0 Å². The average molecular weight is 455 g/mol. The molecule has 3 rings (SSSR count). The third kappa shape index (κ3) is 6.66. The number of carbonyl (C=O) groups is 1. The molecule has 0 bridgehead atoms. The van der Waals surface area contributed by atoms with Gasteiger partial charge in [0.1, 0.15) is 6.73 Å². The summed E-state index contributed by atoms with van der Waals surface area (Å²) in [4.78, 5) is 17.1. The summed E-state index contributed by atoms with van der Waals surface area (Å²) in [5.74, 6) is -0.134. The van der Waals surface area contributed by atoms with Crippen molar-refractivity contribution in [3.8, 4) is 0 Å². The van der Waals surface area contributed by atoms with E-state index in [0.29, 0.717) is 28.5 Å². The molecule has 0 unspecified atom stereocenters. The van der Waals surface area contributed by atoms with Gasteiger partial charge in [-0.05, 0) is 53.9 Å². The van der Waals surface area contributed by atoms with Gasteiger partial charge in [0.05, 0.1) is 10.0 Å². The summed E-state index contributed by atoms with van der Waals surface area (Å²) in [7, 11) is 1.61. The van der Waals surface area contributed by atoms with Gasteiger partial charge in [0.25, 0.3) is 5.91 Å². The van der Waals surface area contributed by atoms with Gasteiger partial charge in [-0.3, -0.25) is 9.79 Å². The molecule has 0 atom stereocenters. The summed E-state index contributed by atoms with van der Waals surface area (Å²) in [6.07, 6.45) is 1.28. The Labute approximate surface area is 192 Å². The lowest BCUT2D eigenvalue weighted by molar-refractivity contribution is 0.102. The monoisotopic (exact) mass is 454 g/mol. The van der Waals surface area contributed by atoms with Crippen molar-refractivity contribution in [3.63, 3.8) is 0 Å². The minimum Gasteiger partial charge on any atom is -0.363 e. The Morgan fingerprint density at radius 2 is 1.61 bits per heavy atom. The number of nitrogens with zero attached hydrogens (tertiary/aromatic N) is 1. The van der Waals surface area contributed by atoms with Crippen LogP contribution in [0.4, 0.5) is 5.69 Å². The van der Waals surface area contributed by atoms with E-state index in [9.17, 15) is 4.79 Å². The van der Waals surface area contributed by atoms with Crippen LogP contribution in [-0.2, 0) is 17.6 Å². The van der Waals surface area contributed by atoms with Gasteiger partial charge in [0.2, 0.25) is 0 Å². The Balaban J connectivity index is 1.69. The van der Waals surface area contributed by atoms with Crippen LogP contribution in [-0.4, -0.2) is 25.5 Å². The summed E-state index contributed by atoms with van der Waals surface area (Å²) in [6.45, 7) is 2.25. The molecule has 0 aromatic heterocycles. The van der Waals surface area contributed by atoms with Crippen LogP contribution in [0.5, 0.6) is 0 Å². The Kier molecular flexibility index (Phi) is 8.24. The number of para-hydroxylation sites is 1.